The van der Waals surface area contributed by atoms with Crippen molar-refractivity contribution in [1.29, 1.82) is 0 Å². The van der Waals surface area contributed by atoms with Gasteiger partial charge in [-0.05, 0) is 68.1 Å². The van der Waals surface area contributed by atoms with Crippen LogP contribution >= 0.6 is 0 Å². The van der Waals surface area contributed by atoms with Crippen LogP contribution in [-0.2, 0) is 0 Å². The number of aryl methyl sites for hydroxylation is 4. The van der Waals surface area contributed by atoms with Gasteiger partial charge in [-0.15, -0.1) is 0 Å². The van der Waals surface area contributed by atoms with Crippen molar-refractivity contribution in [3.05, 3.63) is 58.7 Å². The Morgan fingerprint density at radius 1 is 0.850 bits per heavy atom. The molecule has 2 nitrogen and oxygen atoms in total. The highest BCUT2D eigenvalue weighted by atomic mass is 16.5. The monoisotopic (exact) mass is 269 g/mol. The summed E-state index contributed by atoms with van der Waals surface area (Å²) in [5.41, 5.74) is 6.20. The molecule has 0 spiro atoms. The average Bonchev–Trinajstić information content (AvgIpc) is 2.37. The minimum absolute atomic E-state index is 0.663. The Balaban J connectivity index is 1.86. The molecule has 0 heterocycles. The highest BCUT2D eigenvalue weighted by molar-refractivity contribution is 5.52. The molecule has 0 unspecified atom stereocenters. The third-order valence-corrected chi connectivity index (χ3v) is 3.27. The zero-order valence-electron chi connectivity index (χ0n) is 12.8. The van der Waals surface area contributed by atoms with Gasteiger partial charge in [0.15, 0.2) is 0 Å². The standard InChI is InChI=1S/C18H23NO/c1-13-5-6-16(4)18(12-13)19-7-8-20-17-10-14(2)9-15(3)11-17/h5-6,9-12,19H,7-8H2,1-4H3. The first-order valence-corrected chi connectivity index (χ1v) is 7.07. The topological polar surface area (TPSA) is 21.3 Å². The van der Waals surface area contributed by atoms with Gasteiger partial charge in [-0.2, -0.15) is 0 Å². The molecule has 0 aliphatic heterocycles. The molecule has 0 saturated heterocycles. The Hall–Kier alpha value is -1.96. The third-order valence-electron chi connectivity index (χ3n) is 3.27. The first-order valence-electron chi connectivity index (χ1n) is 7.07. The molecule has 0 amide bonds. The van der Waals surface area contributed by atoms with Gasteiger partial charge in [0.2, 0.25) is 0 Å². The van der Waals surface area contributed by atoms with E-state index in [0.717, 1.165) is 12.3 Å². The van der Waals surface area contributed by atoms with E-state index in [0.29, 0.717) is 6.61 Å². The van der Waals surface area contributed by atoms with Gasteiger partial charge in [0.05, 0.1) is 0 Å². The largest absolute Gasteiger partial charge is 0.492 e. The highest BCUT2D eigenvalue weighted by Gasteiger charge is 1.99. The van der Waals surface area contributed by atoms with Crippen molar-refractivity contribution in [2.75, 3.05) is 18.5 Å². The van der Waals surface area contributed by atoms with E-state index in [1.165, 1.54) is 27.9 Å². The summed E-state index contributed by atoms with van der Waals surface area (Å²) in [6, 6.07) is 12.7. The summed E-state index contributed by atoms with van der Waals surface area (Å²) in [6.45, 7) is 9.87. The molecule has 106 valence electrons. The minimum atomic E-state index is 0.663. The number of hydrogen-bond acceptors (Lipinski definition) is 2. The van der Waals surface area contributed by atoms with Gasteiger partial charge >= 0.3 is 0 Å². The molecule has 1 N–H and O–H groups in total. The van der Waals surface area contributed by atoms with Crippen molar-refractivity contribution in [2.24, 2.45) is 0 Å². The molecule has 2 heteroatoms. The van der Waals surface area contributed by atoms with E-state index in [1.807, 2.05) is 0 Å². The van der Waals surface area contributed by atoms with Gasteiger partial charge in [-0.25, -0.2) is 0 Å². The van der Waals surface area contributed by atoms with Gasteiger partial charge in [-0.3, -0.25) is 0 Å². The van der Waals surface area contributed by atoms with Crippen LogP contribution in [0.15, 0.2) is 36.4 Å². The van der Waals surface area contributed by atoms with Crippen molar-refractivity contribution in [3.8, 4) is 5.75 Å². The first-order chi connectivity index (χ1) is 9.54. The number of nitrogens with one attached hydrogen (secondary N) is 1. The van der Waals surface area contributed by atoms with Gasteiger partial charge < -0.3 is 10.1 Å². The normalized spacial score (nSPS) is 10.4. The van der Waals surface area contributed by atoms with Crippen molar-refractivity contribution in [1.82, 2.24) is 0 Å². The lowest BCUT2D eigenvalue weighted by Gasteiger charge is -2.12. The molecule has 0 atom stereocenters. The van der Waals surface area contributed by atoms with Gasteiger partial charge in [-0.1, -0.05) is 18.2 Å². The van der Waals surface area contributed by atoms with Crippen LogP contribution in [0.1, 0.15) is 22.3 Å². The fourth-order valence-corrected chi connectivity index (χ4v) is 2.30. The van der Waals surface area contributed by atoms with Crippen LogP contribution in [0.5, 0.6) is 5.75 Å². The van der Waals surface area contributed by atoms with Crippen LogP contribution in [0.4, 0.5) is 5.69 Å². The molecule has 0 aliphatic carbocycles. The van der Waals surface area contributed by atoms with E-state index in [4.69, 9.17) is 4.74 Å². The van der Waals surface area contributed by atoms with Crippen LogP contribution in [0.3, 0.4) is 0 Å². The van der Waals surface area contributed by atoms with Crippen LogP contribution in [-0.4, -0.2) is 13.2 Å². The van der Waals surface area contributed by atoms with E-state index >= 15 is 0 Å². The highest BCUT2D eigenvalue weighted by Crippen LogP contribution is 2.17. The van der Waals surface area contributed by atoms with Gasteiger partial charge in [0, 0.05) is 12.2 Å². The van der Waals surface area contributed by atoms with Crippen molar-refractivity contribution in [2.45, 2.75) is 27.7 Å². The Labute approximate surface area is 121 Å². The average molecular weight is 269 g/mol. The number of anilines is 1. The second-order valence-electron chi connectivity index (χ2n) is 5.42. The molecule has 0 aliphatic rings. The number of rotatable bonds is 5. The Morgan fingerprint density at radius 3 is 2.25 bits per heavy atom. The Bertz CT molecular complexity index is 570. The lowest BCUT2D eigenvalue weighted by Crippen LogP contribution is -2.12. The van der Waals surface area contributed by atoms with Crippen LogP contribution in [0.25, 0.3) is 0 Å². The second-order valence-corrected chi connectivity index (χ2v) is 5.42. The van der Waals surface area contributed by atoms with Crippen molar-refractivity contribution >= 4 is 5.69 Å². The zero-order chi connectivity index (χ0) is 14.5. The second kappa shape index (κ2) is 6.47. The maximum Gasteiger partial charge on any atom is 0.119 e. The third kappa shape index (κ3) is 4.02. The lowest BCUT2D eigenvalue weighted by atomic mass is 10.1. The van der Waals surface area contributed by atoms with E-state index in [2.05, 4.69) is 69.4 Å². The van der Waals surface area contributed by atoms with Crippen molar-refractivity contribution in [3.63, 3.8) is 0 Å². The maximum atomic E-state index is 5.80. The van der Waals surface area contributed by atoms with E-state index < -0.39 is 0 Å². The summed E-state index contributed by atoms with van der Waals surface area (Å²) in [7, 11) is 0. The summed E-state index contributed by atoms with van der Waals surface area (Å²) >= 11 is 0. The molecule has 2 aromatic carbocycles. The van der Waals surface area contributed by atoms with Crippen LogP contribution < -0.4 is 10.1 Å². The van der Waals surface area contributed by atoms with Crippen LogP contribution in [0.2, 0.25) is 0 Å². The molecular weight excluding hydrogens is 246 g/mol. The fraction of sp³-hybridized carbons (Fsp3) is 0.333. The first kappa shape index (κ1) is 14.4. The SMILES string of the molecule is Cc1cc(C)cc(OCCNc2cc(C)ccc2C)c1. The molecule has 2 aromatic rings. The molecular formula is C18H23NO. The smallest absolute Gasteiger partial charge is 0.119 e. The quantitative estimate of drug-likeness (QED) is 0.812. The number of ether oxygens (including phenoxy) is 1. The molecule has 0 saturated carbocycles. The summed E-state index contributed by atoms with van der Waals surface area (Å²) in [5.74, 6) is 0.949. The summed E-state index contributed by atoms with van der Waals surface area (Å²) in [4.78, 5) is 0. The molecule has 2 rings (SSSR count). The molecule has 0 bridgehead atoms. The lowest BCUT2D eigenvalue weighted by molar-refractivity contribution is 0.332. The van der Waals surface area contributed by atoms with E-state index in [9.17, 15) is 0 Å². The Morgan fingerprint density at radius 2 is 1.55 bits per heavy atom. The molecule has 0 aromatic heterocycles. The van der Waals surface area contributed by atoms with E-state index in [-0.39, 0.29) is 0 Å². The van der Waals surface area contributed by atoms with Gasteiger partial charge in [0.1, 0.15) is 12.4 Å². The summed E-state index contributed by atoms with van der Waals surface area (Å²) < 4.78 is 5.80. The molecule has 20 heavy (non-hydrogen) atoms. The predicted octanol–water partition coefficient (Wildman–Crippen LogP) is 4.41. The summed E-state index contributed by atoms with van der Waals surface area (Å²) in [5, 5.41) is 3.43. The predicted molar refractivity (Wildman–Crippen MR) is 85.8 cm³/mol. The minimum Gasteiger partial charge on any atom is -0.492 e. The summed E-state index contributed by atoms with van der Waals surface area (Å²) in [6.07, 6.45) is 0. The number of hydrogen-bond donors (Lipinski definition) is 1. The molecule has 0 radical (unpaired) electrons. The van der Waals surface area contributed by atoms with Crippen molar-refractivity contribution < 1.29 is 4.74 Å². The van der Waals surface area contributed by atoms with E-state index in [1.54, 1.807) is 0 Å². The number of benzene rings is 2. The maximum absolute atomic E-state index is 5.80. The Kier molecular flexibility index (Phi) is 4.67. The molecule has 0 fully saturated rings. The fourth-order valence-electron chi connectivity index (χ4n) is 2.30. The van der Waals surface area contributed by atoms with Gasteiger partial charge in [0.25, 0.3) is 0 Å². The zero-order valence-corrected chi connectivity index (χ0v) is 12.8. The van der Waals surface area contributed by atoms with Crippen LogP contribution in [0, 0.1) is 27.7 Å².